The molecule has 4 unspecified atom stereocenters. The zero-order valence-corrected chi connectivity index (χ0v) is 40.4. The number of aliphatic hydroxyl groups excluding tert-OH is 2. The Morgan fingerprint density at radius 1 is 0.530 bits per heavy atom. The van der Waals surface area contributed by atoms with E-state index in [1.807, 2.05) is 13.8 Å². The van der Waals surface area contributed by atoms with Crippen molar-refractivity contribution in [2.75, 3.05) is 41.3 Å². The lowest BCUT2D eigenvalue weighted by molar-refractivity contribution is -0.136. The fraction of sp³-hybridized carbons (Fsp3) is 0.565. The van der Waals surface area contributed by atoms with Crippen LogP contribution < -0.4 is 31.9 Å². The molecule has 20 nitrogen and oxygen atoms in total. The van der Waals surface area contributed by atoms with Crippen LogP contribution in [0.1, 0.15) is 104 Å². The second-order valence-electron chi connectivity index (χ2n) is 17.7. The number of nitrogens with zero attached hydrogens (tertiary/aromatic N) is 2. The summed E-state index contributed by atoms with van der Waals surface area (Å²) in [6.45, 7) is 13.0. The third kappa shape index (κ3) is 22.1. The first-order chi connectivity index (χ1) is 30.7. The van der Waals surface area contributed by atoms with E-state index in [0.29, 0.717) is 36.8 Å². The first-order valence-electron chi connectivity index (χ1n) is 21.7. The van der Waals surface area contributed by atoms with Crippen LogP contribution in [-0.4, -0.2) is 144 Å². The van der Waals surface area contributed by atoms with Gasteiger partial charge in [-0.3, -0.25) is 28.8 Å². The molecule has 8 N–H and O–H groups in total. The Bertz CT molecular complexity index is 1750. The normalized spacial score (nSPS) is 13.8. The van der Waals surface area contributed by atoms with E-state index in [1.165, 1.54) is 9.80 Å². The van der Waals surface area contributed by atoms with Gasteiger partial charge in [-0.05, 0) is 65.5 Å². The van der Waals surface area contributed by atoms with Gasteiger partial charge in [0.05, 0.1) is 25.2 Å². The second-order valence-corrected chi connectivity index (χ2v) is 17.7. The van der Waals surface area contributed by atoms with Gasteiger partial charge >= 0.3 is 12.2 Å². The average molecular weight is 929 g/mol. The van der Waals surface area contributed by atoms with Gasteiger partial charge in [-0.2, -0.15) is 0 Å². The van der Waals surface area contributed by atoms with Gasteiger partial charge in [-0.1, -0.05) is 87.4 Å². The largest absolute Gasteiger partial charge is 0.444 e. The number of alkyl carbamates (subject to hydrolysis) is 2. The summed E-state index contributed by atoms with van der Waals surface area (Å²) in [6.07, 6.45) is -2.83. The van der Waals surface area contributed by atoms with Crippen molar-refractivity contribution in [3.8, 4) is 0 Å². The van der Waals surface area contributed by atoms with E-state index in [9.17, 15) is 48.6 Å². The van der Waals surface area contributed by atoms with E-state index in [-0.39, 0.29) is 11.8 Å². The quantitative estimate of drug-likeness (QED) is 0.0950. The molecule has 2 aromatic rings. The van der Waals surface area contributed by atoms with Crippen LogP contribution in [0.2, 0.25) is 0 Å². The molecule has 0 aromatic heterocycles. The van der Waals surface area contributed by atoms with E-state index >= 15 is 0 Å². The van der Waals surface area contributed by atoms with Crippen LogP contribution >= 0.6 is 0 Å². The highest BCUT2D eigenvalue weighted by Crippen LogP contribution is 2.17. The highest BCUT2D eigenvalue weighted by Gasteiger charge is 2.32. The minimum absolute atomic E-state index is 0.327. The number of carbonyl (C=O) groups excluding carboxylic acids is 8. The molecule has 20 heteroatoms. The summed E-state index contributed by atoms with van der Waals surface area (Å²) in [5.74, 6) is -3.51. The van der Waals surface area contributed by atoms with Gasteiger partial charge < -0.3 is 61.4 Å². The summed E-state index contributed by atoms with van der Waals surface area (Å²) in [4.78, 5) is 102. The van der Waals surface area contributed by atoms with Crippen molar-refractivity contribution in [1.29, 1.82) is 0 Å². The molecule has 6 atom stereocenters. The maximum absolute atomic E-state index is 12.5. The molecule has 0 fully saturated rings. The van der Waals surface area contributed by atoms with Crippen molar-refractivity contribution in [2.45, 2.75) is 129 Å². The average Bonchev–Trinajstić information content (AvgIpc) is 3.23. The van der Waals surface area contributed by atoms with Crippen LogP contribution in [0.4, 0.5) is 9.59 Å². The van der Waals surface area contributed by atoms with Gasteiger partial charge in [0.15, 0.2) is 12.2 Å². The molecule has 2 rings (SSSR count). The molecule has 8 amide bonds. The van der Waals surface area contributed by atoms with Crippen molar-refractivity contribution in [1.82, 2.24) is 41.7 Å². The lowest BCUT2D eigenvalue weighted by Gasteiger charge is -2.26. The Balaban J connectivity index is 0.000000660. The Morgan fingerprint density at radius 2 is 0.833 bits per heavy atom. The number of nitrogens with one attached hydrogen (secondary N) is 6. The third-order valence-electron chi connectivity index (χ3n) is 9.00. The second kappa shape index (κ2) is 27.9. The lowest BCUT2D eigenvalue weighted by atomic mass is 10.1. The lowest BCUT2D eigenvalue weighted by Crippen LogP contribution is -2.53. The van der Waals surface area contributed by atoms with Crippen LogP contribution in [0.15, 0.2) is 60.7 Å². The standard InChI is InChI=1S/2C23H36N4O6/c2*1-7-11-16(25-22(32)33-23(2,3)4)19(29)20(30)24-14-17(28)26-18(21(31)27(5)6)15-12-9-8-10-13-15/h2*8-10,12-13,16,18-19,29H,7,11,14H2,1-6H3,(H,24,30)(H,25,32)(H,26,28)/t2*16?,18-,19?/m00/s1. The van der Waals surface area contributed by atoms with Gasteiger partial charge in [0.25, 0.3) is 11.8 Å². The fourth-order valence-corrected chi connectivity index (χ4v) is 5.87. The van der Waals surface area contributed by atoms with Gasteiger partial charge in [-0.15, -0.1) is 0 Å². The van der Waals surface area contributed by atoms with Crippen LogP contribution in [-0.2, 0) is 38.2 Å². The van der Waals surface area contributed by atoms with Gasteiger partial charge in [0, 0.05) is 28.2 Å². The van der Waals surface area contributed by atoms with Crippen molar-refractivity contribution >= 4 is 47.6 Å². The van der Waals surface area contributed by atoms with E-state index in [1.54, 1.807) is 130 Å². The Kier molecular flexibility index (Phi) is 24.4. The summed E-state index contributed by atoms with van der Waals surface area (Å²) in [7, 11) is 6.31. The monoisotopic (exact) mass is 929 g/mol. The number of aliphatic hydroxyl groups is 2. The Labute approximate surface area is 388 Å². The zero-order valence-electron chi connectivity index (χ0n) is 40.4. The maximum Gasteiger partial charge on any atom is 0.407 e. The highest BCUT2D eigenvalue weighted by atomic mass is 16.6. The Hall–Kier alpha value is -6.28. The number of rotatable bonds is 20. The molecule has 0 aliphatic heterocycles. The molecule has 0 saturated heterocycles. The van der Waals surface area contributed by atoms with Crippen molar-refractivity contribution in [2.24, 2.45) is 0 Å². The van der Waals surface area contributed by atoms with Crippen LogP contribution in [0.25, 0.3) is 0 Å². The first kappa shape index (κ1) is 57.7. The minimum Gasteiger partial charge on any atom is -0.444 e. The predicted molar refractivity (Wildman–Crippen MR) is 246 cm³/mol. The molecule has 0 heterocycles. The zero-order chi connectivity index (χ0) is 50.4. The summed E-state index contributed by atoms with van der Waals surface area (Å²) < 4.78 is 10.4. The smallest absolute Gasteiger partial charge is 0.407 e. The molecule has 0 radical (unpaired) electrons. The minimum atomic E-state index is -1.58. The van der Waals surface area contributed by atoms with E-state index < -0.39 is 96.5 Å². The SMILES string of the molecule is CCCC(NC(=O)OC(C)(C)C)C(O)C(=O)NCC(=O)N[C@H](C(=O)N(C)C)c1ccccc1.CCCC(NC(=O)OC(C)(C)C)C(O)C(=O)NCC(=O)N[C@H](C(=O)N(C)C)c1ccccc1. The van der Waals surface area contributed by atoms with E-state index in [2.05, 4.69) is 31.9 Å². The third-order valence-corrected chi connectivity index (χ3v) is 9.00. The summed E-state index contributed by atoms with van der Waals surface area (Å²) in [5, 5.41) is 35.7. The van der Waals surface area contributed by atoms with Gasteiger partial charge in [-0.25, -0.2) is 9.59 Å². The van der Waals surface area contributed by atoms with Gasteiger partial charge in [0.2, 0.25) is 23.6 Å². The number of ether oxygens (including phenoxy) is 2. The van der Waals surface area contributed by atoms with E-state index in [0.717, 1.165) is 0 Å². The highest BCUT2D eigenvalue weighted by molar-refractivity contribution is 5.92. The first-order valence-corrected chi connectivity index (χ1v) is 21.7. The molecule has 0 spiro atoms. The number of hydrogen-bond acceptors (Lipinski definition) is 12. The van der Waals surface area contributed by atoms with Crippen LogP contribution in [0.5, 0.6) is 0 Å². The van der Waals surface area contributed by atoms with Gasteiger partial charge in [0.1, 0.15) is 23.3 Å². The van der Waals surface area contributed by atoms with Crippen LogP contribution in [0, 0.1) is 0 Å². The number of hydrogen-bond donors (Lipinski definition) is 8. The van der Waals surface area contributed by atoms with Crippen molar-refractivity contribution in [3.63, 3.8) is 0 Å². The topological polar surface area (TPSA) is 274 Å². The maximum atomic E-state index is 12.5. The molecule has 0 aliphatic carbocycles. The summed E-state index contributed by atoms with van der Waals surface area (Å²) in [6, 6.07) is 13.8. The predicted octanol–water partition coefficient (Wildman–Crippen LogP) is 2.21. The number of likely N-dealkylation sites (N-methyl/N-ethyl adjacent to an activating group) is 2. The summed E-state index contributed by atoms with van der Waals surface area (Å²) in [5.41, 5.74) is -0.266. The van der Waals surface area contributed by atoms with Crippen LogP contribution in [0.3, 0.4) is 0 Å². The van der Waals surface area contributed by atoms with Crippen molar-refractivity contribution < 1.29 is 58.0 Å². The molecule has 0 aliphatic rings. The van der Waals surface area contributed by atoms with E-state index in [4.69, 9.17) is 9.47 Å². The molecule has 0 saturated carbocycles. The molecule has 368 valence electrons. The number of amides is 8. The fourth-order valence-electron chi connectivity index (χ4n) is 5.87. The molecule has 0 bridgehead atoms. The summed E-state index contributed by atoms with van der Waals surface area (Å²) >= 11 is 0. The number of carbonyl (C=O) groups is 8. The Morgan fingerprint density at radius 3 is 1.09 bits per heavy atom. The molecular weight excluding hydrogens is 857 g/mol. The molecule has 66 heavy (non-hydrogen) atoms. The van der Waals surface area contributed by atoms with Crippen molar-refractivity contribution in [3.05, 3.63) is 71.8 Å². The molecule has 2 aromatic carbocycles. The number of benzene rings is 2. The molecular formula is C46H72N8O12.